The first kappa shape index (κ1) is 20.2. The highest BCUT2D eigenvalue weighted by atomic mass is 32.3. The molecule has 1 saturated heterocycles. The van der Waals surface area contributed by atoms with E-state index in [1.54, 1.807) is 0 Å². The number of pyridine rings is 1. The van der Waals surface area contributed by atoms with Gasteiger partial charge in [0.05, 0.1) is 35.0 Å². The molecule has 0 radical (unpaired) electrons. The predicted octanol–water partition coefficient (Wildman–Crippen LogP) is 4.79. The number of hydrogen-bond acceptors (Lipinski definition) is 7. The predicted molar refractivity (Wildman–Crippen MR) is 121 cm³/mol. The lowest BCUT2D eigenvalue weighted by molar-refractivity contribution is 0.101. The number of benzene rings is 1. The highest BCUT2D eigenvalue weighted by Gasteiger charge is 2.57. The molecule has 1 atom stereocenters. The van der Waals surface area contributed by atoms with E-state index in [0.717, 1.165) is 28.5 Å². The summed E-state index contributed by atoms with van der Waals surface area (Å²) in [4.78, 5) is 6.97. The Bertz CT molecular complexity index is 968. The second kappa shape index (κ2) is 7.15. The van der Waals surface area contributed by atoms with E-state index in [-0.39, 0.29) is 6.42 Å². The third kappa shape index (κ3) is 3.81. The number of rotatable bonds is 4. The molecule has 2 aliphatic heterocycles. The average Bonchev–Trinajstić information content (AvgIpc) is 3.19. The Labute approximate surface area is 180 Å². The summed E-state index contributed by atoms with van der Waals surface area (Å²) in [6.45, 7) is 1.55. The SMILES string of the molecule is CN1SN(CC2CC2(F)F)c2ccc(-c3cccc(N4CCS(O)(O)CC4)c3)nc21. The van der Waals surface area contributed by atoms with Gasteiger partial charge in [-0.25, -0.2) is 13.8 Å². The highest BCUT2D eigenvalue weighted by molar-refractivity contribution is 8.24. The van der Waals surface area contributed by atoms with Crippen LogP contribution in [0.4, 0.5) is 26.0 Å². The van der Waals surface area contributed by atoms with Crippen molar-refractivity contribution in [2.24, 2.45) is 5.92 Å². The molecule has 3 aliphatic rings. The van der Waals surface area contributed by atoms with Crippen LogP contribution < -0.4 is 13.5 Å². The first-order chi connectivity index (χ1) is 14.2. The lowest BCUT2D eigenvalue weighted by Gasteiger charge is -2.42. The average molecular weight is 455 g/mol. The number of nitrogens with zero attached hydrogens (tertiary/aromatic N) is 4. The van der Waals surface area contributed by atoms with Crippen molar-refractivity contribution in [3.8, 4) is 11.3 Å². The maximum absolute atomic E-state index is 13.3. The summed E-state index contributed by atoms with van der Waals surface area (Å²) in [6.07, 6.45) is -0.0346. The standard InChI is InChI=1S/C20H24F2N4O2S2/c1-24-19-18(26(29-24)13-15-12-20(15,21)22)6-5-17(23-19)14-3-2-4-16(11-14)25-7-9-30(27,28)10-8-25/h2-6,11,15,27-28H,7-10,12-13H2,1H3. The molecule has 6 nitrogen and oxygen atoms in total. The fourth-order valence-electron chi connectivity index (χ4n) is 3.91. The molecule has 0 bridgehead atoms. The first-order valence-corrected chi connectivity index (χ1v) is 12.5. The van der Waals surface area contributed by atoms with E-state index in [1.165, 1.54) is 12.1 Å². The molecule has 30 heavy (non-hydrogen) atoms. The van der Waals surface area contributed by atoms with E-state index >= 15 is 0 Å². The summed E-state index contributed by atoms with van der Waals surface area (Å²) in [5, 5.41) is 0. The molecule has 0 spiro atoms. The van der Waals surface area contributed by atoms with Gasteiger partial charge in [-0.15, -0.1) is 0 Å². The third-order valence-electron chi connectivity index (χ3n) is 5.87. The Kier molecular flexibility index (Phi) is 4.81. The van der Waals surface area contributed by atoms with E-state index in [1.807, 2.05) is 46.0 Å². The van der Waals surface area contributed by atoms with Crippen LogP contribution in [0.1, 0.15) is 6.42 Å². The van der Waals surface area contributed by atoms with Gasteiger partial charge in [0, 0.05) is 50.3 Å². The molecule has 2 N–H and O–H groups in total. The van der Waals surface area contributed by atoms with Crippen LogP contribution in [0.25, 0.3) is 11.3 Å². The van der Waals surface area contributed by atoms with Crippen LogP contribution >= 0.6 is 22.7 Å². The van der Waals surface area contributed by atoms with Crippen LogP contribution in [0, 0.1) is 5.92 Å². The fourth-order valence-corrected chi connectivity index (χ4v) is 6.12. The van der Waals surface area contributed by atoms with Gasteiger partial charge >= 0.3 is 0 Å². The summed E-state index contributed by atoms with van der Waals surface area (Å²) in [7, 11) is -0.533. The largest absolute Gasteiger partial charge is 0.368 e. The summed E-state index contributed by atoms with van der Waals surface area (Å²) in [6, 6.07) is 12.0. The zero-order valence-corrected chi connectivity index (χ0v) is 18.2. The van der Waals surface area contributed by atoms with Crippen LogP contribution in [0.15, 0.2) is 36.4 Å². The van der Waals surface area contributed by atoms with Gasteiger partial charge in [-0.3, -0.25) is 17.7 Å². The first-order valence-electron chi connectivity index (χ1n) is 9.89. The van der Waals surface area contributed by atoms with E-state index in [2.05, 4.69) is 11.0 Å². The molecular formula is C20H24F2N4O2S2. The topological polar surface area (TPSA) is 63.1 Å². The van der Waals surface area contributed by atoms with Crippen molar-refractivity contribution in [3.05, 3.63) is 36.4 Å². The summed E-state index contributed by atoms with van der Waals surface area (Å²) >= 11 is 1.41. The van der Waals surface area contributed by atoms with Gasteiger partial charge < -0.3 is 4.90 Å². The summed E-state index contributed by atoms with van der Waals surface area (Å²) in [5.74, 6) is -1.54. The molecule has 162 valence electrons. The number of aromatic nitrogens is 1. The minimum Gasteiger partial charge on any atom is -0.368 e. The molecule has 1 aliphatic carbocycles. The van der Waals surface area contributed by atoms with Gasteiger partial charge in [-0.1, -0.05) is 12.1 Å². The minimum atomic E-state index is -2.53. The fraction of sp³-hybridized carbons (Fsp3) is 0.450. The Balaban J connectivity index is 1.36. The lowest BCUT2D eigenvalue weighted by atomic mass is 10.1. The molecule has 1 aromatic carbocycles. The third-order valence-corrected chi connectivity index (χ3v) is 8.50. The maximum Gasteiger partial charge on any atom is 0.253 e. The number of anilines is 3. The highest BCUT2D eigenvalue weighted by Crippen LogP contribution is 2.52. The molecule has 3 heterocycles. The van der Waals surface area contributed by atoms with Crippen molar-refractivity contribution >= 4 is 39.9 Å². The molecule has 2 fully saturated rings. The molecule has 5 rings (SSSR count). The number of halogens is 2. The van der Waals surface area contributed by atoms with Gasteiger partial charge in [-0.2, -0.15) is 10.6 Å². The Morgan fingerprint density at radius 3 is 2.63 bits per heavy atom. The van der Waals surface area contributed by atoms with E-state index in [4.69, 9.17) is 4.98 Å². The second-order valence-corrected chi connectivity index (χ2v) is 11.7. The van der Waals surface area contributed by atoms with Crippen molar-refractivity contribution in [2.45, 2.75) is 12.3 Å². The van der Waals surface area contributed by atoms with Crippen molar-refractivity contribution < 1.29 is 17.9 Å². The van der Waals surface area contributed by atoms with E-state index < -0.39 is 22.4 Å². The zero-order chi connectivity index (χ0) is 21.1. The van der Waals surface area contributed by atoms with Crippen molar-refractivity contribution in [3.63, 3.8) is 0 Å². The van der Waals surface area contributed by atoms with Gasteiger partial charge in [0.2, 0.25) is 0 Å². The quantitative estimate of drug-likeness (QED) is 0.644. The molecule has 0 amide bonds. The van der Waals surface area contributed by atoms with Gasteiger partial charge in [0.15, 0.2) is 5.82 Å². The number of alkyl halides is 2. The van der Waals surface area contributed by atoms with Crippen LogP contribution in [-0.4, -0.2) is 58.2 Å². The summed E-state index contributed by atoms with van der Waals surface area (Å²) < 4.78 is 50.2. The molecular weight excluding hydrogens is 430 g/mol. The van der Waals surface area contributed by atoms with Gasteiger partial charge in [0.25, 0.3) is 5.92 Å². The lowest BCUT2D eigenvalue weighted by Crippen LogP contribution is -2.38. The Morgan fingerprint density at radius 2 is 1.93 bits per heavy atom. The number of hydrogen-bond donors (Lipinski definition) is 2. The van der Waals surface area contributed by atoms with Crippen molar-refractivity contribution in [2.75, 3.05) is 51.7 Å². The normalized spacial score (nSPS) is 25.2. The van der Waals surface area contributed by atoms with E-state index in [9.17, 15) is 17.9 Å². The summed E-state index contributed by atoms with van der Waals surface area (Å²) in [5.41, 5.74) is 3.69. The van der Waals surface area contributed by atoms with Crippen molar-refractivity contribution in [1.29, 1.82) is 0 Å². The Hall–Kier alpha value is -1.75. The molecule has 2 aromatic rings. The van der Waals surface area contributed by atoms with Crippen LogP contribution in [0.2, 0.25) is 0 Å². The minimum absolute atomic E-state index is 0.0346. The molecule has 1 aromatic heterocycles. The van der Waals surface area contributed by atoms with Gasteiger partial charge in [0.1, 0.15) is 0 Å². The van der Waals surface area contributed by atoms with Gasteiger partial charge in [-0.05, 0) is 24.3 Å². The van der Waals surface area contributed by atoms with Crippen LogP contribution in [-0.2, 0) is 0 Å². The van der Waals surface area contributed by atoms with Crippen LogP contribution in [0.3, 0.4) is 0 Å². The Morgan fingerprint density at radius 1 is 1.20 bits per heavy atom. The van der Waals surface area contributed by atoms with E-state index in [0.29, 0.717) is 31.1 Å². The maximum atomic E-state index is 13.3. The zero-order valence-electron chi connectivity index (χ0n) is 16.5. The van der Waals surface area contributed by atoms with Crippen molar-refractivity contribution in [1.82, 2.24) is 4.98 Å². The molecule has 1 unspecified atom stereocenters. The molecule has 10 heteroatoms. The smallest absolute Gasteiger partial charge is 0.253 e. The molecule has 1 saturated carbocycles. The monoisotopic (exact) mass is 454 g/mol. The number of fused-ring (bicyclic) bond motifs is 1. The van der Waals surface area contributed by atoms with Crippen LogP contribution in [0.5, 0.6) is 0 Å². The second-order valence-electron chi connectivity index (χ2n) is 8.09.